The summed E-state index contributed by atoms with van der Waals surface area (Å²) in [6, 6.07) is 13.6. The Morgan fingerprint density at radius 3 is 2.59 bits per heavy atom. The summed E-state index contributed by atoms with van der Waals surface area (Å²) in [6.45, 7) is 0. The fourth-order valence-corrected chi connectivity index (χ4v) is 3.14. The number of rotatable bonds is 5. The van der Waals surface area contributed by atoms with E-state index in [0.717, 1.165) is 22.9 Å². The van der Waals surface area contributed by atoms with Crippen LogP contribution < -0.4 is 15.4 Å². The Morgan fingerprint density at radius 2 is 1.81 bits per heavy atom. The highest BCUT2D eigenvalue weighted by atomic mass is 19.4. The van der Waals surface area contributed by atoms with Gasteiger partial charge in [0.25, 0.3) is 5.91 Å². The Hall–Kier alpha value is -4.14. The van der Waals surface area contributed by atoms with Gasteiger partial charge in [-0.1, -0.05) is 6.07 Å². The number of halogens is 3. The van der Waals surface area contributed by atoms with Gasteiger partial charge in [0.1, 0.15) is 11.6 Å². The van der Waals surface area contributed by atoms with Crippen LogP contribution in [0.15, 0.2) is 73.2 Å². The second-order valence-electron chi connectivity index (χ2n) is 6.86. The van der Waals surface area contributed by atoms with Gasteiger partial charge in [0.05, 0.1) is 18.2 Å². The number of pyridine rings is 2. The highest BCUT2D eigenvalue weighted by Crippen LogP contribution is 2.34. The molecule has 2 aromatic carbocycles. The van der Waals surface area contributed by atoms with E-state index in [1.165, 1.54) is 25.4 Å². The average molecular weight is 438 g/mol. The van der Waals surface area contributed by atoms with Crippen LogP contribution in [0.25, 0.3) is 10.8 Å². The number of aromatic nitrogens is 2. The summed E-state index contributed by atoms with van der Waals surface area (Å²) in [5.41, 5.74) is -0.135. The molecule has 0 unspecified atom stereocenters. The minimum Gasteiger partial charge on any atom is -0.497 e. The molecule has 2 aromatic heterocycles. The SMILES string of the molecule is COc1cc(NC(=O)c2cccnc2Nc2ccc3ccncc3c2)cc(C(F)(F)F)c1. The van der Waals surface area contributed by atoms with Crippen LogP contribution in [0.2, 0.25) is 0 Å². The summed E-state index contributed by atoms with van der Waals surface area (Å²) in [4.78, 5) is 21.2. The van der Waals surface area contributed by atoms with Gasteiger partial charge in [-0.05, 0) is 47.9 Å². The molecule has 1 amide bonds. The second kappa shape index (κ2) is 8.54. The third-order valence-corrected chi connectivity index (χ3v) is 4.68. The molecule has 9 heteroatoms. The number of ether oxygens (including phenoxy) is 1. The van der Waals surface area contributed by atoms with Crippen LogP contribution in [-0.4, -0.2) is 23.0 Å². The van der Waals surface area contributed by atoms with E-state index in [4.69, 9.17) is 4.74 Å². The molecule has 0 spiro atoms. The van der Waals surface area contributed by atoms with Crippen LogP contribution in [0.5, 0.6) is 5.75 Å². The van der Waals surface area contributed by atoms with E-state index >= 15 is 0 Å². The molecule has 6 nitrogen and oxygen atoms in total. The molecule has 4 aromatic rings. The summed E-state index contributed by atoms with van der Waals surface area (Å²) in [7, 11) is 1.25. The number of carbonyl (C=O) groups is 1. The van der Waals surface area contributed by atoms with Crippen molar-refractivity contribution in [1.82, 2.24) is 9.97 Å². The summed E-state index contributed by atoms with van der Waals surface area (Å²) in [5.74, 6) is -0.388. The number of methoxy groups -OCH3 is 1. The van der Waals surface area contributed by atoms with Crippen molar-refractivity contribution in [2.75, 3.05) is 17.7 Å². The smallest absolute Gasteiger partial charge is 0.416 e. The maximum Gasteiger partial charge on any atom is 0.416 e. The minimum atomic E-state index is -4.58. The van der Waals surface area contributed by atoms with Gasteiger partial charge >= 0.3 is 6.18 Å². The van der Waals surface area contributed by atoms with E-state index in [1.54, 1.807) is 18.5 Å². The lowest BCUT2D eigenvalue weighted by atomic mass is 10.1. The lowest BCUT2D eigenvalue weighted by molar-refractivity contribution is -0.137. The molecular weight excluding hydrogens is 421 g/mol. The zero-order valence-corrected chi connectivity index (χ0v) is 16.8. The molecule has 162 valence electrons. The zero-order valence-electron chi connectivity index (χ0n) is 16.8. The molecule has 0 aliphatic carbocycles. The molecule has 4 rings (SSSR count). The van der Waals surface area contributed by atoms with Crippen molar-refractivity contribution < 1.29 is 22.7 Å². The Morgan fingerprint density at radius 1 is 0.969 bits per heavy atom. The van der Waals surface area contributed by atoms with Crippen molar-refractivity contribution in [3.63, 3.8) is 0 Å². The number of nitrogens with zero attached hydrogens (tertiary/aromatic N) is 2. The van der Waals surface area contributed by atoms with Gasteiger partial charge in [-0.25, -0.2) is 4.98 Å². The number of amides is 1. The largest absolute Gasteiger partial charge is 0.497 e. The van der Waals surface area contributed by atoms with Crippen molar-refractivity contribution in [1.29, 1.82) is 0 Å². The molecule has 32 heavy (non-hydrogen) atoms. The molecule has 0 bridgehead atoms. The van der Waals surface area contributed by atoms with Crippen LogP contribution in [0.1, 0.15) is 15.9 Å². The van der Waals surface area contributed by atoms with E-state index in [0.29, 0.717) is 5.69 Å². The second-order valence-corrected chi connectivity index (χ2v) is 6.86. The third-order valence-electron chi connectivity index (χ3n) is 4.68. The molecule has 0 fully saturated rings. The van der Waals surface area contributed by atoms with Crippen molar-refractivity contribution in [2.24, 2.45) is 0 Å². The topological polar surface area (TPSA) is 76.1 Å². The summed E-state index contributed by atoms with van der Waals surface area (Å²) < 4.78 is 44.4. The van der Waals surface area contributed by atoms with E-state index in [-0.39, 0.29) is 22.8 Å². The Labute approximate surface area is 181 Å². The van der Waals surface area contributed by atoms with E-state index < -0.39 is 17.6 Å². The third kappa shape index (κ3) is 4.61. The Kier molecular flexibility index (Phi) is 5.63. The number of alkyl halides is 3. The molecule has 0 aliphatic heterocycles. The minimum absolute atomic E-state index is 0.0237. The van der Waals surface area contributed by atoms with Crippen molar-refractivity contribution in [3.05, 3.63) is 84.3 Å². The highest BCUT2D eigenvalue weighted by Gasteiger charge is 2.31. The fraction of sp³-hybridized carbons (Fsp3) is 0.0870. The van der Waals surface area contributed by atoms with Gasteiger partial charge < -0.3 is 15.4 Å². The maximum absolute atomic E-state index is 13.2. The zero-order chi connectivity index (χ0) is 22.7. The number of hydrogen-bond acceptors (Lipinski definition) is 5. The van der Waals surface area contributed by atoms with Crippen LogP contribution in [0, 0.1) is 0 Å². The normalized spacial score (nSPS) is 11.2. The maximum atomic E-state index is 13.2. The first-order valence-corrected chi connectivity index (χ1v) is 9.47. The van der Waals surface area contributed by atoms with Crippen LogP contribution in [0.4, 0.5) is 30.4 Å². The number of carbonyl (C=O) groups excluding carboxylic acids is 1. The van der Waals surface area contributed by atoms with E-state index in [9.17, 15) is 18.0 Å². The summed E-state index contributed by atoms with van der Waals surface area (Å²) in [6.07, 6.45) is 0.335. The number of benzene rings is 2. The van der Waals surface area contributed by atoms with Gasteiger partial charge in [0, 0.05) is 41.4 Å². The van der Waals surface area contributed by atoms with Gasteiger partial charge in [0.2, 0.25) is 0 Å². The monoisotopic (exact) mass is 438 g/mol. The number of hydrogen-bond donors (Lipinski definition) is 2. The molecule has 0 aliphatic rings. The fourth-order valence-electron chi connectivity index (χ4n) is 3.14. The quantitative estimate of drug-likeness (QED) is 0.421. The van der Waals surface area contributed by atoms with Gasteiger partial charge in [-0.15, -0.1) is 0 Å². The molecule has 0 radical (unpaired) electrons. The van der Waals surface area contributed by atoms with E-state index in [2.05, 4.69) is 20.6 Å². The van der Waals surface area contributed by atoms with Crippen LogP contribution >= 0.6 is 0 Å². The van der Waals surface area contributed by atoms with Crippen molar-refractivity contribution in [2.45, 2.75) is 6.18 Å². The molecule has 0 saturated heterocycles. The average Bonchev–Trinajstić information content (AvgIpc) is 2.78. The summed E-state index contributed by atoms with van der Waals surface area (Å²) >= 11 is 0. The van der Waals surface area contributed by atoms with Crippen molar-refractivity contribution >= 4 is 33.9 Å². The first-order chi connectivity index (χ1) is 15.3. The first-order valence-electron chi connectivity index (χ1n) is 9.47. The first kappa shape index (κ1) is 21.1. The van der Waals surface area contributed by atoms with E-state index in [1.807, 2.05) is 24.3 Å². The lowest BCUT2D eigenvalue weighted by Crippen LogP contribution is -2.15. The number of anilines is 3. The highest BCUT2D eigenvalue weighted by molar-refractivity contribution is 6.08. The van der Waals surface area contributed by atoms with Crippen LogP contribution in [-0.2, 0) is 6.18 Å². The van der Waals surface area contributed by atoms with Crippen molar-refractivity contribution in [3.8, 4) is 5.75 Å². The Balaban J connectivity index is 1.61. The predicted octanol–water partition coefficient (Wildman–Crippen LogP) is 5.65. The molecule has 0 saturated carbocycles. The molecule has 2 N–H and O–H groups in total. The van der Waals surface area contributed by atoms with Gasteiger partial charge in [-0.2, -0.15) is 13.2 Å². The Bertz CT molecular complexity index is 1290. The summed E-state index contributed by atoms with van der Waals surface area (Å²) in [5, 5.41) is 7.48. The molecule has 0 atom stereocenters. The molecule has 2 heterocycles. The van der Waals surface area contributed by atoms with Gasteiger partial charge in [0.15, 0.2) is 0 Å². The molecular formula is C23H17F3N4O2. The number of fused-ring (bicyclic) bond motifs is 1. The standard InChI is InChI=1S/C23H17F3N4O2/c1-32-19-11-16(23(24,25)26)10-18(12-19)30-22(31)20-3-2-7-28-21(20)29-17-5-4-14-6-8-27-13-15(14)9-17/h2-13H,1H3,(H,28,29)(H,30,31). The number of nitrogens with one attached hydrogen (secondary N) is 2. The predicted molar refractivity (Wildman–Crippen MR) is 115 cm³/mol. The van der Waals surface area contributed by atoms with Gasteiger partial charge in [-0.3, -0.25) is 9.78 Å². The lowest BCUT2D eigenvalue weighted by Gasteiger charge is -2.14. The van der Waals surface area contributed by atoms with Crippen LogP contribution in [0.3, 0.4) is 0 Å².